The summed E-state index contributed by atoms with van der Waals surface area (Å²) in [6.07, 6.45) is 3.44. The number of carbonyl (C=O) groups is 1. The third-order valence-electron chi connectivity index (χ3n) is 2.54. The van der Waals surface area contributed by atoms with E-state index < -0.39 is 0 Å². The van der Waals surface area contributed by atoms with Crippen molar-refractivity contribution >= 4 is 23.2 Å². The molecule has 80 valence electrons. The monoisotopic (exact) mass is 233 g/mol. The number of hydrogen-bond donors (Lipinski definition) is 1. The van der Waals surface area contributed by atoms with Crippen LogP contribution in [-0.2, 0) is 11.3 Å². The summed E-state index contributed by atoms with van der Waals surface area (Å²) in [6, 6.07) is 5.42. The summed E-state index contributed by atoms with van der Waals surface area (Å²) >= 11 is 6.14. The van der Waals surface area contributed by atoms with Crippen LogP contribution in [0.25, 0.3) is 11.4 Å². The van der Waals surface area contributed by atoms with E-state index >= 15 is 0 Å². The maximum Gasteiger partial charge on any atom is 0.244 e. The van der Waals surface area contributed by atoms with Crippen LogP contribution in [0.2, 0.25) is 5.02 Å². The van der Waals surface area contributed by atoms with Crippen molar-refractivity contribution < 1.29 is 4.79 Å². The first-order valence-corrected chi connectivity index (χ1v) is 5.23. The molecule has 4 nitrogen and oxygen atoms in total. The second kappa shape index (κ2) is 3.35. The quantitative estimate of drug-likeness (QED) is 0.758. The number of hydrogen-bond acceptors (Lipinski definition) is 2. The van der Waals surface area contributed by atoms with E-state index in [-0.39, 0.29) is 12.5 Å². The van der Waals surface area contributed by atoms with Gasteiger partial charge in [-0.2, -0.15) is 0 Å². The number of benzene rings is 1. The van der Waals surface area contributed by atoms with Crippen molar-refractivity contribution in [3.8, 4) is 11.4 Å². The SMILES string of the molecule is O=C1Cn2ccnc2-c2c(Cl)cccc2N1. The van der Waals surface area contributed by atoms with Crippen LogP contribution in [0.5, 0.6) is 0 Å². The van der Waals surface area contributed by atoms with Gasteiger partial charge in [0.2, 0.25) is 5.91 Å². The molecule has 1 amide bonds. The Balaban J connectivity index is 2.34. The Kier molecular flexibility index (Phi) is 1.97. The number of imidazole rings is 1. The molecule has 1 aliphatic heterocycles. The molecular weight excluding hydrogens is 226 g/mol. The van der Waals surface area contributed by atoms with Crippen molar-refractivity contribution in [2.45, 2.75) is 6.54 Å². The standard InChI is InChI=1S/C11H8ClN3O/c12-7-2-1-3-8-10(7)11-13-4-5-15(11)6-9(16)14-8/h1-5H,6H2,(H,14,16). The molecule has 0 radical (unpaired) electrons. The number of halogens is 1. The van der Waals surface area contributed by atoms with E-state index in [0.717, 1.165) is 11.4 Å². The summed E-state index contributed by atoms with van der Waals surface area (Å²) in [5.41, 5.74) is 1.49. The number of rotatable bonds is 0. The Morgan fingerprint density at radius 1 is 1.44 bits per heavy atom. The highest BCUT2D eigenvalue weighted by atomic mass is 35.5. The van der Waals surface area contributed by atoms with E-state index in [0.29, 0.717) is 10.7 Å². The Morgan fingerprint density at radius 3 is 3.19 bits per heavy atom. The first-order valence-electron chi connectivity index (χ1n) is 4.85. The highest BCUT2D eigenvalue weighted by Crippen LogP contribution is 2.35. The number of anilines is 1. The molecule has 0 atom stereocenters. The summed E-state index contributed by atoms with van der Waals surface area (Å²) < 4.78 is 1.78. The fourth-order valence-electron chi connectivity index (χ4n) is 1.86. The fourth-order valence-corrected chi connectivity index (χ4v) is 2.12. The highest BCUT2D eigenvalue weighted by Gasteiger charge is 2.20. The summed E-state index contributed by atoms with van der Waals surface area (Å²) in [4.78, 5) is 15.9. The van der Waals surface area contributed by atoms with E-state index in [4.69, 9.17) is 11.6 Å². The van der Waals surface area contributed by atoms with Crippen molar-refractivity contribution in [3.63, 3.8) is 0 Å². The second-order valence-corrected chi connectivity index (χ2v) is 4.00. The van der Waals surface area contributed by atoms with Crippen LogP contribution in [0.4, 0.5) is 5.69 Å². The van der Waals surface area contributed by atoms with Gasteiger partial charge < -0.3 is 9.88 Å². The minimum Gasteiger partial charge on any atom is -0.324 e. The summed E-state index contributed by atoms with van der Waals surface area (Å²) in [6.45, 7) is 0.264. The van der Waals surface area contributed by atoms with Crippen molar-refractivity contribution in [1.29, 1.82) is 0 Å². The van der Waals surface area contributed by atoms with Gasteiger partial charge >= 0.3 is 0 Å². The predicted molar refractivity (Wildman–Crippen MR) is 61.3 cm³/mol. The van der Waals surface area contributed by atoms with Crippen LogP contribution in [0.3, 0.4) is 0 Å². The zero-order chi connectivity index (χ0) is 11.1. The Morgan fingerprint density at radius 2 is 2.31 bits per heavy atom. The molecule has 2 aromatic rings. The van der Waals surface area contributed by atoms with Crippen LogP contribution < -0.4 is 5.32 Å². The fraction of sp³-hybridized carbons (Fsp3) is 0.0909. The lowest BCUT2D eigenvalue weighted by Crippen LogP contribution is -2.15. The molecule has 3 rings (SSSR count). The average Bonchev–Trinajstić information content (AvgIpc) is 2.61. The molecule has 0 saturated heterocycles. The largest absolute Gasteiger partial charge is 0.324 e. The lowest BCUT2D eigenvalue weighted by atomic mass is 10.1. The molecule has 0 bridgehead atoms. The van der Waals surface area contributed by atoms with E-state index in [1.54, 1.807) is 29.1 Å². The maximum atomic E-state index is 11.6. The Hall–Kier alpha value is -1.81. The van der Waals surface area contributed by atoms with Crippen LogP contribution in [0, 0.1) is 0 Å². The molecule has 0 aliphatic carbocycles. The molecular formula is C11H8ClN3O. The summed E-state index contributed by atoms with van der Waals surface area (Å²) in [7, 11) is 0. The Labute approximate surface area is 96.9 Å². The van der Waals surface area contributed by atoms with Gasteiger partial charge in [0.15, 0.2) is 0 Å². The van der Waals surface area contributed by atoms with Crippen molar-refractivity contribution in [2.24, 2.45) is 0 Å². The van der Waals surface area contributed by atoms with Gasteiger partial charge in [0.1, 0.15) is 12.4 Å². The number of nitrogens with one attached hydrogen (secondary N) is 1. The molecule has 1 aromatic heterocycles. The molecule has 16 heavy (non-hydrogen) atoms. The molecule has 0 spiro atoms. The lowest BCUT2D eigenvalue weighted by Gasteiger charge is -2.07. The minimum absolute atomic E-state index is 0.0692. The minimum atomic E-state index is -0.0692. The summed E-state index contributed by atoms with van der Waals surface area (Å²) in [5.74, 6) is 0.652. The molecule has 1 aliphatic rings. The maximum absolute atomic E-state index is 11.6. The van der Waals surface area contributed by atoms with Gasteiger partial charge in [0.05, 0.1) is 16.3 Å². The zero-order valence-electron chi connectivity index (χ0n) is 8.27. The molecule has 1 N–H and O–H groups in total. The van der Waals surface area contributed by atoms with Crippen LogP contribution >= 0.6 is 11.6 Å². The number of carbonyl (C=O) groups excluding carboxylic acids is 1. The van der Waals surface area contributed by atoms with Gasteiger partial charge in [0.25, 0.3) is 0 Å². The average molecular weight is 234 g/mol. The van der Waals surface area contributed by atoms with E-state index in [2.05, 4.69) is 10.3 Å². The van der Waals surface area contributed by atoms with Crippen molar-refractivity contribution in [2.75, 3.05) is 5.32 Å². The molecule has 2 heterocycles. The van der Waals surface area contributed by atoms with E-state index in [9.17, 15) is 4.79 Å². The van der Waals surface area contributed by atoms with Crippen molar-refractivity contribution in [1.82, 2.24) is 9.55 Å². The van der Waals surface area contributed by atoms with Crippen LogP contribution in [0.1, 0.15) is 0 Å². The van der Waals surface area contributed by atoms with Gasteiger partial charge in [-0.15, -0.1) is 0 Å². The van der Waals surface area contributed by atoms with Gasteiger partial charge in [-0.3, -0.25) is 4.79 Å². The topological polar surface area (TPSA) is 46.9 Å². The van der Waals surface area contributed by atoms with Crippen LogP contribution in [-0.4, -0.2) is 15.5 Å². The molecule has 0 saturated carbocycles. The van der Waals surface area contributed by atoms with E-state index in [1.165, 1.54) is 0 Å². The number of fused-ring (bicyclic) bond motifs is 3. The summed E-state index contributed by atoms with van der Waals surface area (Å²) in [5, 5.41) is 3.40. The second-order valence-electron chi connectivity index (χ2n) is 3.59. The first-order chi connectivity index (χ1) is 7.75. The predicted octanol–water partition coefficient (Wildman–Crippen LogP) is 2.16. The van der Waals surface area contributed by atoms with Gasteiger partial charge in [-0.05, 0) is 12.1 Å². The van der Waals surface area contributed by atoms with E-state index in [1.807, 2.05) is 6.07 Å². The normalized spacial score (nSPS) is 13.7. The van der Waals surface area contributed by atoms with Crippen LogP contribution in [0.15, 0.2) is 30.6 Å². The number of nitrogens with zero attached hydrogens (tertiary/aromatic N) is 2. The molecule has 0 unspecified atom stereocenters. The smallest absolute Gasteiger partial charge is 0.244 e. The molecule has 1 aromatic carbocycles. The van der Waals surface area contributed by atoms with Gasteiger partial charge in [-0.25, -0.2) is 4.98 Å². The third kappa shape index (κ3) is 1.31. The lowest BCUT2D eigenvalue weighted by molar-refractivity contribution is -0.116. The number of aromatic nitrogens is 2. The Bertz CT molecular complexity index is 576. The highest BCUT2D eigenvalue weighted by molar-refractivity contribution is 6.34. The zero-order valence-corrected chi connectivity index (χ0v) is 9.03. The molecule has 0 fully saturated rings. The molecule has 5 heteroatoms. The third-order valence-corrected chi connectivity index (χ3v) is 2.86. The van der Waals surface area contributed by atoms with Crippen molar-refractivity contribution in [3.05, 3.63) is 35.6 Å². The first kappa shape index (κ1) is 9.42. The van der Waals surface area contributed by atoms with Gasteiger partial charge in [-0.1, -0.05) is 17.7 Å². The number of amides is 1. The van der Waals surface area contributed by atoms with Gasteiger partial charge in [0, 0.05) is 12.4 Å².